The second-order valence-corrected chi connectivity index (χ2v) is 6.46. The number of rotatable bonds is 3. The van der Waals surface area contributed by atoms with Crippen LogP contribution >= 0.6 is 52.6 Å². The summed E-state index contributed by atoms with van der Waals surface area (Å²) in [5.41, 5.74) is 1.17. The number of halogens is 3. The van der Waals surface area contributed by atoms with E-state index in [1.165, 1.54) is 11.9 Å². The molecule has 3 aromatic rings. The van der Waals surface area contributed by atoms with Crippen LogP contribution in [0.5, 0.6) is 0 Å². The Hall–Kier alpha value is -1.01. The monoisotopic (exact) mass is 431 g/mol. The quantitative estimate of drug-likeness (QED) is 0.556. The zero-order valence-corrected chi connectivity index (χ0v) is 16.1. The Morgan fingerprint density at radius 1 is 1.13 bits per heavy atom. The first kappa shape index (κ1) is 20.0. The van der Waals surface area contributed by atoms with Crippen LogP contribution in [0, 0.1) is 0 Å². The van der Waals surface area contributed by atoms with Crippen LogP contribution in [0.1, 0.15) is 10.8 Å². The van der Waals surface area contributed by atoms with Gasteiger partial charge in [-0.15, -0.1) is 12.4 Å². The molecule has 0 aliphatic heterocycles. The summed E-state index contributed by atoms with van der Waals surface area (Å²) in [6.07, 6.45) is 3.22. The Balaban J connectivity index is 0.000000280. The molecule has 0 spiro atoms. The highest BCUT2D eigenvalue weighted by molar-refractivity contribution is 9.10. The third kappa shape index (κ3) is 7.40. The van der Waals surface area contributed by atoms with Crippen molar-refractivity contribution < 1.29 is 0 Å². The molecule has 1 unspecified atom stereocenters. The van der Waals surface area contributed by atoms with Crippen LogP contribution in [0.4, 0.5) is 0 Å². The van der Waals surface area contributed by atoms with Crippen LogP contribution in [-0.4, -0.2) is 14.8 Å². The van der Waals surface area contributed by atoms with Crippen molar-refractivity contribution in [2.24, 2.45) is 0 Å². The molecule has 7 heteroatoms. The predicted octanol–water partition coefficient (Wildman–Crippen LogP) is 5.47. The van der Waals surface area contributed by atoms with Gasteiger partial charge in [-0.2, -0.15) is 17.7 Å². The summed E-state index contributed by atoms with van der Waals surface area (Å²) in [6.45, 7) is 0.722. The lowest BCUT2D eigenvalue weighted by Crippen LogP contribution is -2.04. The lowest BCUT2D eigenvalue weighted by Gasteiger charge is -2.10. The fraction of sp³-hybridized carbons (Fsp3) is 0.125. The minimum Gasteiger partial charge on any atom is -0.252 e. The van der Waals surface area contributed by atoms with Gasteiger partial charge in [0.1, 0.15) is 12.7 Å². The fourth-order valence-electron chi connectivity index (χ4n) is 1.74. The topological polar surface area (TPSA) is 30.7 Å². The number of benzene rings is 2. The Morgan fingerprint density at radius 3 is 2.39 bits per heavy atom. The van der Waals surface area contributed by atoms with Gasteiger partial charge in [0.25, 0.3) is 0 Å². The van der Waals surface area contributed by atoms with E-state index < -0.39 is 0 Å². The van der Waals surface area contributed by atoms with Crippen molar-refractivity contribution in [2.45, 2.75) is 11.8 Å². The van der Waals surface area contributed by atoms with Gasteiger partial charge in [-0.05, 0) is 29.8 Å². The molecule has 0 aliphatic rings. The molecule has 0 fully saturated rings. The smallest absolute Gasteiger partial charge is 0.137 e. The minimum atomic E-state index is 0. The van der Waals surface area contributed by atoms with E-state index in [-0.39, 0.29) is 17.7 Å². The Bertz CT molecular complexity index is 681. The molecule has 0 N–H and O–H groups in total. The standard InChI is InChI=1S/C10H10BrN3S.C6H5Cl.ClH/c11-9-3-1-2-8(4-9)10(15)5-14-7-12-6-13-14;7-6-4-2-1-3-5-6;/h1-4,6-7,10,15H,5H2;1-5H;1H. The first-order valence-corrected chi connectivity index (χ1v) is 8.30. The van der Waals surface area contributed by atoms with E-state index >= 15 is 0 Å². The Kier molecular flexibility index (Phi) is 9.33. The molecule has 23 heavy (non-hydrogen) atoms. The van der Waals surface area contributed by atoms with Crippen molar-refractivity contribution in [3.05, 3.63) is 82.3 Å². The average Bonchev–Trinajstić information content (AvgIpc) is 3.01. The summed E-state index contributed by atoms with van der Waals surface area (Å²) in [5, 5.41) is 4.97. The maximum Gasteiger partial charge on any atom is 0.137 e. The molecule has 0 saturated carbocycles. The largest absolute Gasteiger partial charge is 0.252 e. The van der Waals surface area contributed by atoms with Crippen LogP contribution < -0.4 is 0 Å². The van der Waals surface area contributed by atoms with E-state index in [4.69, 9.17) is 11.6 Å². The second-order valence-electron chi connectivity index (χ2n) is 4.48. The number of thiol groups is 1. The highest BCUT2D eigenvalue weighted by Gasteiger charge is 2.07. The summed E-state index contributed by atoms with van der Waals surface area (Å²) in [7, 11) is 0. The molecule has 122 valence electrons. The molecule has 0 radical (unpaired) electrons. The molecule has 0 amide bonds. The summed E-state index contributed by atoms with van der Waals surface area (Å²) in [4.78, 5) is 3.90. The first-order valence-electron chi connectivity index (χ1n) is 6.61. The molecule has 1 aromatic heterocycles. The van der Waals surface area contributed by atoms with Crippen LogP contribution in [0.2, 0.25) is 5.02 Å². The van der Waals surface area contributed by atoms with Crippen molar-refractivity contribution in [3.63, 3.8) is 0 Å². The summed E-state index contributed by atoms with van der Waals surface area (Å²) in [5.74, 6) is 0. The zero-order chi connectivity index (χ0) is 15.8. The summed E-state index contributed by atoms with van der Waals surface area (Å²) >= 11 is 13.5. The molecule has 0 aliphatic carbocycles. The van der Waals surface area contributed by atoms with Gasteiger partial charge in [0.05, 0.1) is 6.54 Å². The number of aromatic nitrogens is 3. The molecule has 1 atom stereocenters. The SMILES string of the molecule is Cl.Clc1ccccc1.SC(Cn1cncn1)c1cccc(Br)c1. The molecular weight excluding hydrogens is 417 g/mol. The maximum atomic E-state index is 5.54. The van der Waals surface area contributed by atoms with Gasteiger partial charge < -0.3 is 0 Å². The zero-order valence-electron chi connectivity index (χ0n) is 12.1. The van der Waals surface area contributed by atoms with Crippen molar-refractivity contribution >= 4 is 52.6 Å². The average molecular weight is 433 g/mol. The van der Waals surface area contributed by atoms with E-state index in [0.717, 1.165) is 16.0 Å². The number of hydrogen-bond donors (Lipinski definition) is 1. The lowest BCUT2D eigenvalue weighted by molar-refractivity contribution is 0.606. The van der Waals surface area contributed by atoms with Gasteiger partial charge in [0.15, 0.2) is 0 Å². The minimum absolute atomic E-state index is 0. The van der Waals surface area contributed by atoms with E-state index in [9.17, 15) is 0 Å². The highest BCUT2D eigenvalue weighted by Crippen LogP contribution is 2.24. The third-order valence-corrected chi connectivity index (χ3v) is 4.00. The molecule has 2 aromatic carbocycles. The van der Waals surface area contributed by atoms with Gasteiger partial charge in [-0.25, -0.2) is 4.98 Å². The van der Waals surface area contributed by atoms with Gasteiger partial charge in [-0.1, -0.05) is 57.9 Å². The molecule has 3 nitrogen and oxygen atoms in total. The second kappa shape index (κ2) is 10.7. The molecular formula is C16H16BrCl2N3S. The molecule has 3 rings (SSSR count). The summed E-state index contributed by atoms with van der Waals surface area (Å²) in [6, 6.07) is 17.6. The van der Waals surface area contributed by atoms with Crippen LogP contribution in [0.15, 0.2) is 71.7 Å². The Labute approximate surface area is 161 Å². The van der Waals surface area contributed by atoms with Crippen molar-refractivity contribution in [2.75, 3.05) is 0 Å². The van der Waals surface area contributed by atoms with Gasteiger partial charge in [-0.3, -0.25) is 4.68 Å². The summed E-state index contributed by atoms with van der Waals surface area (Å²) < 4.78 is 2.84. The van der Waals surface area contributed by atoms with Crippen molar-refractivity contribution in [1.82, 2.24) is 14.8 Å². The van der Waals surface area contributed by atoms with E-state index in [0.29, 0.717) is 0 Å². The first-order chi connectivity index (χ1) is 10.6. The lowest BCUT2D eigenvalue weighted by atomic mass is 10.1. The van der Waals surface area contributed by atoms with Crippen LogP contribution in [-0.2, 0) is 6.54 Å². The van der Waals surface area contributed by atoms with Crippen LogP contribution in [0.25, 0.3) is 0 Å². The van der Waals surface area contributed by atoms with E-state index in [1.807, 2.05) is 42.5 Å². The molecule has 1 heterocycles. The molecule has 0 saturated heterocycles. The third-order valence-electron chi connectivity index (χ3n) is 2.79. The van der Waals surface area contributed by atoms with E-state index in [2.05, 4.69) is 50.8 Å². The normalized spacial score (nSPS) is 10.9. The van der Waals surface area contributed by atoms with Crippen molar-refractivity contribution in [3.8, 4) is 0 Å². The molecule has 0 bridgehead atoms. The number of hydrogen-bond acceptors (Lipinski definition) is 3. The van der Waals surface area contributed by atoms with Crippen molar-refractivity contribution in [1.29, 1.82) is 0 Å². The van der Waals surface area contributed by atoms with Gasteiger partial charge in [0, 0.05) is 14.7 Å². The fourth-order valence-corrected chi connectivity index (χ4v) is 2.63. The van der Waals surface area contributed by atoms with Gasteiger partial charge in [0.2, 0.25) is 0 Å². The maximum absolute atomic E-state index is 5.54. The highest BCUT2D eigenvalue weighted by atomic mass is 79.9. The number of nitrogens with zero attached hydrogens (tertiary/aromatic N) is 3. The van der Waals surface area contributed by atoms with Crippen LogP contribution in [0.3, 0.4) is 0 Å². The predicted molar refractivity (Wildman–Crippen MR) is 105 cm³/mol. The van der Waals surface area contributed by atoms with Gasteiger partial charge >= 0.3 is 0 Å². The van der Waals surface area contributed by atoms with E-state index in [1.54, 1.807) is 11.0 Å². The Morgan fingerprint density at radius 2 is 1.87 bits per heavy atom.